The maximum atomic E-state index is 11.9. The smallest absolute Gasteiger partial charge is 0.344 e. The molecule has 154 valence electrons. The first-order valence-electron chi connectivity index (χ1n) is 8.36. The Morgan fingerprint density at radius 3 is 2.48 bits per heavy atom. The molecule has 0 heterocycles. The second-order valence-corrected chi connectivity index (χ2v) is 9.25. The third-order valence-corrected chi connectivity index (χ3v) is 6.11. The summed E-state index contributed by atoms with van der Waals surface area (Å²) in [6.07, 6.45) is 1.56. The summed E-state index contributed by atoms with van der Waals surface area (Å²) in [6.45, 7) is 1.92. The Morgan fingerprint density at radius 1 is 1.21 bits per heavy atom. The van der Waals surface area contributed by atoms with E-state index >= 15 is 0 Å². The molecule has 0 aliphatic heterocycles. The van der Waals surface area contributed by atoms with Crippen LogP contribution in [0.25, 0.3) is 0 Å². The van der Waals surface area contributed by atoms with E-state index in [0.29, 0.717) is 17.4 Å². The molecule has 1 N–H and O–H groups in total. The molecule has 0 spiro atoms. The molecule has 2 aromatic rings. The summed E-state index contributed by atoms with van der Waals surface area (Å²) >= 11 is 11.5. The molecule has 0 saturated carbocycles. The Kier molecular flexibility index (Phi) is 10.5. The van der Waals surface area contributed by atoms with Crippen molar-refractivity contribution in [2.24, 2.45) is 5.10 Å². The van der Waals surface area contributed by atoms with Gasteiger partial charge in [-0.15, -0.1) is 11.8 Å². The van der Waals surface area contributed by atoms with Crippen molar-refractivity contribution in [3.63, 3.8) is 0 Å². The summed E-state index contributed by atoms with van der Waals surface area (Å²) in [5.41, 5.74) is 3.31. The van der Waals surface area contributed by atoms with Crippen LogP contribution < -0.4 is 10.2 Å². The number of hydrogen-bond donors (Lipinski definition) is 1. The van der Waals surface area contributed by atoms with Crippen LogP contribution in [0.2, 0.25) is 5.02 Å². The Morgan fingerprint density at radius 2 is 1.86 bits per heavy atom. The van der Waals surface area contributed by atoms with Crippen molar-refractivity contribution in [1.82, 2.24) is 5.43 Å². The maximum Gasteiger partial charge on any atom is 0.344 e. The number of ether oxygens (including phenoxy) is 2. The number of halogens is 3. The van der Waals surface area contributed by atoms with Crippen LogP contribution in [0.1, 0.15) is 12.5 Å². The molecule has 0 atom stereocenters. The number of hydrazone groups is 1. The van der Waals surface area contributed by atoms with E-state index in [4.69, 9.17) is 21.1 Å². The minimum absolute atomic E-state index is 0.144. The van der Waals surface area contributed by atoms with Gasteiger partial charge >= 0.3 is 5.97 Å². The van der Waals surface area contributed by atoms with E-state index in [1.54, 1.807) is 25.3 Å². The van der Waals surface area contributed by atoms with E-state index in [1.165, 1.54) is 11.8 Å². The lowest BCUT2D eigenvalue weighted by Gasteiger charge is -2.10. The van der Waals surface area contributed by atoms with Crippen LogP contribution in [0.15, 0.2) is 46.4 Å². The molecule has 29 heavy (non-hydrogen) atoms. The highest BCUT2D eigenvalue weighted by molar-refractivity contribution is 14.1. The highest BCUT2D eigenvalue weighted by atomic mass is 127. The van der Waals surface area contributed by atoms with Crippen molar-refractivity contribution < 1.29 is 19.1 Å². The molecule has 0 saturated heterocycles. The SMILES string of the molecule is CCOC(=O)COc1c(I)cc(/C=N\NC(=O)CSc2ccc(Cl)cc2)cc1I. The molecular weight excluding hydrogens is 642 g/mol. The number of rotatable bonds is 9. The van der Waals surface area contributed by atoms with E-state index in [1.807, 2.05) is 24.3 Å². The molecule has 0 aliphatic rings. The number of esters is 1. The molecule has 10 heteroatoms. The maximum absolute atomic E-state index is 11.9. The summed E-state index contributed by atoms with van der Waals surface area (Å²) in [7, 11) is 0. The lowest BCUT2D eigenvalue weighted by atomic mass is 10.2. The second kappa shape index (κ2) is 12.6. The molecular formula is C19H17ClI2N2O4S. The van der Waals surface area contributed by atoms with Gasteiger partial charge in [-0.3, -0.25) is 4.79 Å². The number of carbonyl (C=O) groups is 2. The van der Waals surface area contributed by atoms with Crippen molar-refractivity contribution in [2.45, 2.75) is 11.8 Å². The van der Waals surface area contributed by atoms with E-state index in [2.05, 4.69) is 55.7 Å². The number of thioether (sulfide) groups is 1. The first kappa shape index (κ1) is 24.2. The zero-order chi connectivity index (χ0) is 21.2. The fourth-order valence-electron chi connectivity index (χ4n) is 2.02. The van der Waals surface area contributed by atoms with Gasteiger partial charge in [-0.2, -0.15) is 5.10 Å². The number of benzene rings is 2. The fraction of sp³-hybridized carbons (Fsp3) is 0.211. The molecule has 0 unspecified atom stereocenters. The number of amides is 1. The Hall–Kier alpha value is -1.05. The molecule has 2 aromatic carbocycles. The van der Waals surface area contributed by atoms with Gasteiger partial charge < -0.3 is 9.47 Å². The van der Waals surface area contributed by atoms with Crippen molar-refractivity contribution in [1.29, 1.82) is 0 Å². The van der Waals surface area contributed by atoms with Crippen LogP contribution in [0.4, 0.5) is 0 Å². The van der Waals surface area contributed by atoms with Gasteiger partial charge in [-0.05, 0) is 94.1 Å². The molecule has 0 aliphatic carbocycles. The highest BCUT2D eigenvalue weighted by Crippen LogP contribution is 2.28. The number of hydrogen-bond acceptors (Lipinski definition) is 6. The van der Waals surface area contributed by atoms with Gasteiger partial charge in [0, 0.05) is 9.92 Å². The highest BCUT2D eigenvalue weighted by Gasteiger charge is 2.11. The summed E-state index contributed by atoms with van der Waals surface area (Å²) in [5.74, 6) is 0.234. The van der Waals surface area contributed by atoms with Gasteiger partial charge in [0.05, 0.1) is 25.7 Å². The first-order chi connectivity index (χ1) is 13.9. The topological polar surface area (TPSA) is 77.0 Å². The third-order valence-electron chi connectivity index (χ3n) is 3.25. The first-order valence-corrected chi connectivity index (χ1v) is 11.9. The quantitative estimate of drug-likeness (QED) is 0.139. The monoisotopic (exact) mass is 658 g/mol. The normalized spacial score (nSPS) is 10.8. The lowest BCUT2D eigenvalue weighted by molar-refractivity contribution is -0.145. The van der Waals surface area contributed by atoms with Gasteiger partial charge in [0.15, 0.2) is 6.61 Å². The summed E-state index contributed by atoms with van der Waals surface area (Å²) in [4.78, 5) is 24.3. The fourth-order valence-corrected chi connectivity index (χ4v) is 4.96. The molecule has 0 bridgehead atoms. The molecule has 1 amide bonds. The van der Waals surface area contributed by atoms with Gasteiger partial charge in [-0.25, -0.2) is 10.2 Å². The Bertz CT molecular complexity index is 871. The summed E-state index contributed by atoms with van der Waals surface area (Å²) < 4.78 is 12.1. The lowest BCUT2D eigenvalue weighted by Crippen LogP contribution is -2.19. The van der Waals surface area contributed by atoms with E-state index < -0.39 is 5.97 Å². The Labute approximate surface area is 205 Å². The van der Waals surface area contributed by atoms with E-state index in [-0.39, 0.29) is 18.3 Å². The molecule has 2 rings (SSSR count). The number of nitrogens with one attached hydrogen (secondary N) is 1. The van der Waals surface area contributed by atoms with Crippen molar-refractivity contribution in [3.8, 4) is 5.75 Å². The van der Waals surface area contributed by atoms with Crippen LogP contribution in [0.3, 0.4) is 0 Å². The van der Waals surface area contributed by atoms with Gasteiger partial charge in [-0.1, -0.05) is 11.6 Å². The molecule has 6 nitrogen and oxygen atoms in total. The number of nitrogens with zero attached hydrogens (tertiary/aromatic N) is 1. The average Bonchev–Trinajstić information content (AvgIpc) is 2.67. The van der Waals surface area contributed by atoms with Crippen molar-refractivity contribution in [2.75, 3.05) is 19.0 Å². The van der Waals surface area contributed by atoms with Crippen LogP contribution in [0, 0.1) is 7.14 Å². The predicted molar refractivity (Wildman–Crippen MR) is 132 cm³/mol. The van der Waals surface area contributed by atoms with Gasteiger partial charge in [0.1, 0.15) is 5.75 Å². The molecule has 0 radical (unpaired) electrons. The van der Waals surface area contributed by atoms with Gasteiger partial charge in [0.25, 0.3) is 0 Å². The van der Waals surface area contributed by atoms with Crippen molar-refractivity contribution in [3.05, 3.63) is 54.1 Å². The molecule has 0 aromatic heterocycles. The largest absolute Gasteiger partial charge is 0.480 e. The standard InChI is InChI=1S/C19H17ClI2N2O4S/c1-2-27-18(26)10-28-19-15(21)7-12(8-16(19)22)9-23-24-17(25)11-29-14-5-3-13(20)4-6-14/h3-9H,2,10-11H2,1H3,(H,24,25)/b23-9-. The van der Waals surface area contributed by atoms with Gasteiger partial charge in [0.2, 0.25) is 5.91 Å². The van der Waals surface area contributed by atoms with Crippen LogP contribution in [-0.2, 0) is 14.3 Å². The minimum atomic E-state index is -0.413. The summed E-state index contributed by atoms with van der Waals surface area (Å²) in [6, 6.07) is 11.0. The van der Waals surface area contributed by atoms with Crippen LogP contribution in [-0.4, -0.2) is 37.1 Å². The zero-order valence-electron chi connectivity index (χ0n) is 15.3. The Balaban J connectivity index is 1.87. The minimum Gasteiger partial charge on any atom is -0.480 e. The van der Waals surface area contributed by atoms with E-state index in [9.17, 15) is 9.59 Å². The summed E-state index contributed by atoms with van der Waals surface area (Å²) in [5, 5.41) is 4.66. The van der Waals surface area contributed by atoms with E-state index in [0.717, 1.165) is 17.6 Å². The third kappa shape index (κ3) is 8.69. The van der Waals surface area contributed by atoms with Crippen molar-refractivity contribution >= 4 is 86.6 Å². The van der Waals surface area contributed by atoms with Crippen LogP contribution in [0.5, 0.6) is 5.75 Å². The molecule has 0 fully saturated rings. The predicted octanol–water partition coefficient (Wildman–Crippen LogP) is 4.73. The zero-order valence-corrected chi connectivity index (χ0v) is 21.2. The van der Waals surface area contributed by atoms with Crippen LogP contribution >= 0.6 is 68.5 Å². The average molecular weight is 659 g/mol. The second-order valence-electron chi connectivity index (χ2n) is 5.44. The number of carbonyl (C=O) groups excluding carboxylic acids is 2.